The second-order valence-electron chi connectivity index (χ2n) is 7.10. The van der Waals surface area contributed by atoms with Gasteiger partial charge in [0, 0.05) is 18.6 Å². The standard InChI is InChI=1S/C23H20ClFN4O2S/c1-3-14-10-16(11-17-13-27-23(26-2)28-22(14)17)15-8-9-20(19(25)12-15)29-32(30,31)21-7-5-4-6-18(21)24/h4-13,29H,3H2,1-2H3,(H,26,27,28). The maximum Gasteiger partial charge on any atom is 0.263 e. The van der Waals surface area contributed by atoms with Crippen LogP contribution in [-0.4, -0.2) is 25.4 Å². The fourth-order valence-electron chi connectivity index (χ4n) is 3.42. The highest BCUT2D eigenvalue weighted by Gasteiger charge is 2.19. The van der Waals surface area contributed by atoms with E-state index in [0.717, 1.165) is 28.5 Å². The Labute approximate surface area is 190 Å². The summed E-state index contributed by atoms with van der Waals surface area (Å²) in [4.78, 5) is 8.67. The summed E-state index contributed by atoms with van der Waals surface area (Å²) in [6.45, 7) is 2.02. The molecule has 3 aromatic carbocycles. The van der Waals surface area contributed by atoms with Crippen molar-refractivity contribution in [2.45, 2.75) is 18.2 Å². The Morgan fingerprint density at radius 2 is 1.84 bits per heavy atom. The van der Waals surface area contributed by atoms with Crippen molar-refractivity contribution in [2.75, 3.05) is 17.1 Å². The van der Waals surface area contributed by atoms with Gasteiger partial charge in [0.25, 0.3) is 10.0 Å². The maximum absolute atomic E-state index is 14.9. The highest BCUT2D eigenvalue weighted by molar-refractivity contribution is 7.92. The molecule has 0 radical (unpaired) electrons. The number of aromatic nitrogens is 2. The highest BCUT2D eigenvalue weighted by atomic mass is 35.5. The van der Waals surface area contributed by atoms with Gasteiger partial charge in [0.15, 0.2) is 0 Å². The van der Waals surface area contributed by atoms with Crippen molar-refractivity contribution in [3.8, 4) is 11.1 Å². The molecule has 0 aliphatic carbocycles. The van der Waals surface area contributed by atoms with Crippen molar-refractivity contribution in [1.29, 1.82) is 0 Å². The number of hydrogen-bond acceptors (Lipinski definition) is 5. The molecule has 0 saturated heterocycles. The molecule has 4 rings (SSSR count). The average Bonchev–Trinajstić information content (AvgIpc) is 2.79. The van der Waals surface area contributed by atoms with Gasteiger partial charge in [0.1, 0.15) is 10.7 Å². The summed E-state index contributed by atoms with van der Waals surface area (Å²) in [5.74, 6) is -0.167. The van der Waals surface area contributed by atoms with Crippen LogP contribution in [0.1, 0.15) is 12.5 Å². The number of halogens is 2. The number of benzene rings is 3. The quantitative estimate of drug-likeness (QED) is 0.389. The first kappa shape index (κ1) is 22.0. The summed E-state index contributed by atoms with van der Waals surface area (Å²) in [6.07, 6.45) is 2.46. The molecule has 0 aliphatic heterocycles. The van der Waals surface area contributed by atoms with E-state index in [1.54, 1.807) is 31.4 Å². The molecular weight excluding hydrogens is 451 g/mol. The van der Waals surface area contributed by atoms with E-state index in [9.17, 15) is 12.8 Å². The summed E-state index contributed by atoms with van der Waals surface area (Å²) < 4.78 is 42.4. The number of fused-ring (bicyclic) bond motifs is 1. The molecule has 4 aromatic rings. The van der Waals surface area contributed by atoms with Crippen molar-refractivity contribution >= 4 is 44.2 Å². The highest BCUT2D eigenvalue weighted by Crippen LogP contribution is 2.31. The lowest BCUT2D eigenvalue weighted by Gasteiger charge is -2.13. The van der Waals surface area contributed by atoms with Crippen LogP contribution in [0.2, 0.25) is 5.02 Å². The zero-order chi connectivity index (χ0) is 22.9. The Balaban J connectivity index is 1.71. The second-order valence-corrected chi connectivity index (χ2v) is 9.16. The molecular formula is C23H20ClFN4O2S. The van der Waals surface area contributed by atoms with Crippen LogP contribution < -0.4 is 10.0 Å². The van der Waals surface area contributed by atoms with E-state index in [2.05, 4.69) is 20.0 Å². The van der Waals surface area contributed by atoms with E-state index in [1.807, 2.05) is 19.1 Å². The van der Waals surface area contributed by atoms with E-state index in [-0.39, 0.29) is 15.6 Å². The fraction of sp³-hybridized carbons (Fsp3) is 0.130. The lowest BCUT2D eigenvalue weighted by atomic mass is 9.98. The maximum atomic E-state index is 14.9. The molecule has 0 saturated carbocycles. The van der Waals surface area contributed by atoms with Crippen molar-refractivity contribution in [3.05, 3.63) is 77.2 Å². The van der Waals surface area contributed by atoms with Crippen molar-refractivity contribution in [3.63, 3.8) is 0 Å². The zero-order valence-corrected chi connectivity index (χ0v) is 18.9. The molecule has 2 N–H and O–H groups in total. The molecule has 1 heterocycles. The van der Waals surface area contributed by atoms with Crippen LogP contribution in [0.4, 0.5) is 16.0 Å². The molecule has 6 nitrogen and oxygen atoms in total. The van der Waals surface area contributed by atoms with E-state index >= 15 is 0 Å². The van der Waals surface area contributed by atoms with Gasteiger partial charge >= 0.3 is 0 Å². The third kappa shape index (κ3) is 4.24. The number of rotatable bonds is 6. The zero-order valence-electron chi connectivity index (χ0n) is 17.4. The average molecular weight is 471 g/mol. The molecule has 0 aliphatic rings. The third-order valence-corrected chi connectivity index (χ3v) is 6.90. The third-order valence-electron chi connectivity index (χ3n) is 5.04. The molecule has 0 amide bonds. The molecule has 0 bridgehead atoms. The minimum absolute atomic E-state index is 0.0592. The Hall–Kier alpha value is -3.23. The molecule has 0 spiro atoms. The minimum atomic E-state index is -4.03. The smallest absolute Gasteiger partial charge is 0.263 e. The van der Waals surface area contributed by atoms with Crippen molar-refractivity contribution in [2.24, 2.45) is 0 Å². The molecule has 32 heavy (non-hydrogen) atoms. The van der Waals surface area contributed by atoms with Crippen LogP contribution in [-0.2, 0) is 16.4 Å². The predicted molar refractivity (Wildman–Crippen MR) is 126 cm³/mol. The first-order chi connectivity index (χ1) is 15.3. The SMILES string of the molecule is CCc1cc(-c2ccc(NS(=O)(=O)c3ccccc3Cl)c(F)c2)cc2cnc(NC)nc12. The Bertz CT molecular complexity index is 1430. The van der Waals surface area contributed by atoms with Crippen LogP contribution in [0, 0.1) is 5.82 Å². The van der Waals surface area contributed by atoms with Gasteiger partial charge in [0.05, 0.1) is 16.2 Å². The van der Waals surface area contributed by atoms with Gasteiger partial charge in [-0.15, -0.1) is 0 Å². The summed E-state index contributed by atoms with van der Waals surface area (Å²) >= 11 is 5.99. The topological polar surface area (TPSA) is 84.0 Å². The molecule has 0 unspecified atom stereocenters. The number of sulfonamides is 1. The summed E-state index contributed by atoms with van der Waals surface area (Å²) in [7, 11) is -2.28. The Morgan fingerprint density at radius 1 is 1.06 bits per heavy atom. The normalized spacial score (nSPS) is 11.5. The minimum Gasteiger partial charge on any atom is -0.357 e. The van der Waals surface area contributed by atoms with Crippen LogP contribution in [0.5, 0.6) is 0 Å². The number of nitrogens with zero attached hydrogens (tertiary/aromatic N) is 2. The number of anilines is 2. The summed E-state index contributed by atoms with van der Waals surface area (Å²) in [6, 6.07) is 14.2. The summed E-state index contributed by atoms with van der Waals surface area (Å²) in [5.41, 5.74) is 3.07. The van der Waals surface area contributed by atoms with E-state index in [1.165, 1.54) is 24.3 Å². The number of nitrogens with one attached hydrogen (secondary N) is 2. The molecule has 0 atom stereocenters. The van der Waals surface area contributed by atoms with Gasteiger partial charge in [0.2, 0.25) is 5.95 Å². The summed E-state index contributed by atoms with van der Waals surface area (Å²) in [5, 5.41) is 3.82. The number of hydrogen-bond donors (Lipinski definition) is 2. The second kappa shape index (κ2) is 8.72. The Kier molecular flexibility index (Phi) is 5.99. The molecule has 1 aromatic heterocycles. The largest absolute Gasteiger partial charge is 0.357 e. The first-order valence-corrected chi connectivity index (χ1v) is 11.7. The first-order valence-electron chi connectivity index (χ1n) is 9.87. The van der Waals surface area contributed by atoms with Gasteiger partial charge in [-0.1, -0.05) is 36.7 Å². The van der Waals surface area contributed by atoms with Crippen LogP contribution in [0.25, 0.3) is 22.0 Å². The van der Waals surface area contributed by atoms with Crippen molar-refractivity contribution < 1.29 is 12.8 Å². The van der Waals surface area contributed by atoms with E-state index < -0.39 is 15.8 Å². The van der Waals surface area contributed by atoms with Crippen LogP contribution in [0.3, 0.4) is 0 Å². The van der Waals surface area contributed by atoms with Crippen molar-refractivity contribution in [1.82, 2.24) is 9.97 Å². The number of aryl methyl sites for hydroxylation is 1. The van der Waals surface area contributed by atoms with E-state index in [4.69, 9.17) is 11.6 Å². The monoisotopic (exact) mass is 470 g/mol. The predicted octanol–water partition coefficient (Wildman–Crippen LogP) is 5.49. The van der Waals surface area contributed by atoms with Gasteiger partial charge in [-0.25, -0.2) is 22.8 Å². The van der Waals surface area contributed by atoms with Crippen LogP contribution in [0.15, 0.2) is 65.7 Å². The molecule has 9 heteroatoms. The molecule has 0 fully saturated rings. The van der Waals surface area contributed by atoms with Gasteiger partial charge in [-0.2, -0.15) is 0 Å². The lowest BCUT2D eigenvalue weighted by molar-refractivity contribution is 0.598. The van der Waals surface area contributed by atoms with E-state index in [0.29, 0.717) is 11.5 Å². The molecule has 164 valence electrons. The van der Waals surface area contributed by atoms with Gasteiger partial charge < -0.3 is 5.32 Å². The Morgan fingerprint density at radius 3 is 2.53 bits per heavy atom. The van der Waals surface area contributed by atoms with Gasteiger partial charge in [-0.3, -0.25) is 4.72 Å². The lowest BCUT2D eigenvalue weighted by Crippen LogP contribution is -2.14. The van der Waals surface area contributed by atoms with Gasteiger partial charge in [-0.05, 0) is 59.5 Å². The van der Waals surface area contributed by atoms with Crippen LogP contribution >= 0.6 is 11.6 Å². The fourth-order valence-corrected chi connectivity index (χ4v) is 5.00.